The summed E-state index contributed by atoms with van der Waals surface area (Å²) in [6.07, 6.45) is 4.89. The lowest BCUT2D eigenvalue weighted by atomic mass is 10.00. The second-order valence-electron chi connectivity index (χ2n) is 5.09. The molecule has 3 nitrogen and oxygen atoms in total. The number of sulfone groups is 1. The maximum atomic E-state index is 11.9. The van der Waals surface area contributed by atoms with Gasteiger partial charge in [-0.05, 0) is 39.2 Å². The van der Waals surface area contributed by atoms with Crippen LogP contribution in [0.15, 0.2) is 0 Å². The summed E-state index contributed by atoms with van der Waals surface area (Å²) in [6, 6.07) is 0.167. The van der Waals surface area contributed by atoms with Gasteiger partial charge in [-0.2, -0.15) is 0 Å². The van der Waals surface area contributed by atoms with Crippen molar-refractivity contribution in [3.05, 3.63) is 0 Å². The third kappa shape index (κ3) is 3.74. The lowest BCUT2D eigenvalue weighted by Gasteiger charge is -2.25. The van der Waals surface area contributed by atoms with E-state index in [1.54, 1.807) is 13.8 Å². The van der Waals surface area contributed by atoms with E-state index >= 15 is 0 Å². The Morgan fingerprint density at radius 3 is 2.25 bits per heavy atom. The summed E-state index contributed by atoms with van der Waals surface area (Å²) < 4.78 is 23.9. The standard InChI is InChI=1S/C12H25NO2S/c1-4-13-12(11-7-5-6-8-11)9-16(14,15)10(2)3/h10-13H,4-9H2,1-3H3. The molecule has 0 bridgehead atoms. The van der Waals surface area contributed by atoms with Crippen LogP contribution >= 0.6 is 0 Å². The van der Waals surface area contributed by atoms with E-state index in [-0.39, 0.29) is 11.3 Å². The van der Waals surface area contributed by atoms with Gasteiger partial charge in [-0.25, -0.2) is 8.42 Å². The Kier molecular flexibility index (Phi) is 5.25. The summed E-state index contributed by atoms with van der Waals surface area (Å²) in [4.78, 5) is 0. The van der Waals surface area contributed by atoms with E-state index in [1.807, 2.05) is 6.92 Å². The zero-order valence-corrected chi connectivity index (χ0v) is 11.5. The molecule has 0 aromatic heterocycles. The van der Waals surface area contributed by atoms with Gasteiger partial charge in [0.15, 0.2) is 9.84 Å². The predicted molar refractivity (Wildman–Crippen MR) is 68.3 cm³/mol. The molecular weight excluding hydrogens is 222 g/mol. The van der Waals surface area contributed by atoms with Crippen molar-refractivity contribution < 1.29 is 8.42 Å². The van der Waals surface area contributed by atoms with Crippen LogP contribution in [0.25, 0.3) is 0 Å². The predicted octanol–water partition coefficient (Wildman–Crippen LogP) is 1.98. The molecule has 0 aromatic rings. The molecule has 1 atom stereocenters. The van der Waals surface area contributed by atoms with Crippen LogP contribution in [0.5, 0.6) is 0 Å². The van der Waals surface area contributed by atoms with Gasteiger partial charge in [-0.3, -0.25) is 0 Å². The van der Waals surface area contributed by atoms with Crippen molar-refractivity contribution in [3.8, 4) is 0 Å². The summed E-state index contributed by atoms with van der Waals surface area (Å²) in [5, 5.41) is 3.10. The Morgan fingerprint density at radius 1 is 1.25 bits per heavy atom. The lowest BCUT2D eigenvalue weighted by Crippen LogP contribution is -2.42. The van der Waals surface area contributed by atoms with Gasteiger partial charge in [0.05, 0.1) is 11.0 Å². The largest absolute Gasteiger partial charge is 0.313 e. The van der Waals surface area contributed by atoms with Gasteiger partial charge in [0.2, 0.25) is 0 Å². The Balaban J connectivity index is 2.63. The molecule has 0 saturated heterocycles. The highest BCUT2D eigenvalue weighted by Gasteiger charge is 2.29. The van der Waals surface area contributed by atoms with E-state index in [0.29, 0.717) is 11.7 Å². The Labute approximate surface area is 99.9 Å². The molecule has 0 aromatic carbocycles. The summed E-state index contributed by atoms with van der Waals surface area (Å²) >= 11 is 0. The van der Waals surface area contributed by atoms with Crippen molar-refractivity contribution in [1.82, 2.24) is 5.32 Å². The fourth-order valence-electron chi connectivity index (χ4n) is 2.43. The Bertz CT molecular complexity index is 292. The molecular formula is C12H25NO2S. The van der Waals surface area contributed by atoms with Gasteiger partial charge < -0.3 is 5.32 Å². The first-order valence-electron chi connectivity index (χ1n) is 6.42. The third-order valence-corrected chi connectivity index (χ3v) is 5.83. The van der Waals surface area contributed by atoms with Crippen LogP contribution in [0.4, 0.5) is 0 Å². The number of hydrogen-bond donors (Lipinski definition) is 1. The average molecular weight is 247 g/mol. The highest BCUT2D eigenvalue weighted by molar-refractivity contribution is 7.92. The van der Waals surface area contributed by atoms with E-state index in [0.717, 1.165) is 6.54 Å². The number of rotatable bonds is 6. The van der Waals surface area contributed by atoms with Crippen LogP contribution < -0.4 is 5.32 Å². The topological polar surface area (TPSA) is 46.2 Å². The van der Waals surface area contributed by atoms with Gasteiger partial charge in [0, 0.05) is 6.04 Å². The SMILES string of the molecule is CCNC(CS(=O)(=O)C(C)C)C1CCCC1. The van der Waals surface area contributed by atoms with Crippen molar-refractivity contribution in [3.63, 3.8) is 0 Å². The van der Waals surface area contributed by atoms with E-state index < -0.39 is 9.84 Å². The molecule has 0 spiro atoms. The summed E-state index contributed by atoms with van der Waals surface area (Å²) in [5.41, 5.74) is 0. The molecule has 0 amide bonds. The molecule has 1 N–H and O–H groups in total. The number of hydrogen-bond acceptors (Lipinski definition) is 3. The van der Waals surface area contributed by atoms with Crippen LogP contribution in [-0.4, -0.2) is 32.0 Å². The van der Waals surface area contributed by atoms with Gasteiger partial charge in [-0.15, -0.1) is 0 Å². The highest BCUT2D eigenvalue weighted by Crippen LogP contribution is 2.28. The zero-order valence-electron chi connectivity index (χ0n) is 10.7. The van der Waals surface area contributed by atoms with Crippen molar-refractivity contribution >= 4 is 9.84 Å². The minimum absolute atomic E-state index is 0.167. The van der Waals surface area contributed by atoms with Crippen LogP contribution in [0.3, 0.4) is 0 Å². The second kappa shape index (κ2) is 6.01. The third-order valence-electron chi connectivity index (χ3n) is 3.57. The van der Waals surface area contributed by atoms with Crippen molar-refractivity contribution in [1.29, 1.82) is 0 Å². The monoisotopic (exact) mass is 247 g/mol. The normalized spacial score (nSPS) is 20.5. The van der Waals surface area contributed by atoms with Crippen LogP contribution in [0.1, 0.15) is 46.5 Å². The van der Waals surface area contributed by atoms with Crippen LogP contribution in [0, 0.1) is 5.92 Å². The Morgan fingerprint density at radius 2 is 1.81 bits per heavy atom. The fraction of sp³-hybridized carbons (Fsp3) is 1.00. The van der Waals surface area contributed by atoms with Gasteiger partial charge in [0.25, 0.3) is 0 Å². The van der Waals surface area contributed by atoms with Crippen molar-refractivity contribution in [2.75, 3.05) is 12.3 Å². The first-order chi connectivity index (χ1) is 7.47. The Hall–Kier alpha value is -0.0900. The van der Waals surface area contributed by atoms with Gasteiger partial charge in [0.1, 0.15) is 0 Å². The molecule has 1 saturated carbocycles. The summed E-state index contributed by atoms with van der Waals surface area (Å²) in [5.74, 6) is 0.872. The minimum atomic E-state index is -2.92. The summed E-state index contributed by atoms with van der Waals surface area (Å²) in [6.45, 7) is 6.44. The lowest BCUT2D eigenvalue weighted by molar-refractivity contribution is 0.388. The molecule has 0 aliphatic heterocycles. The number of nitrogens with one attached hydrogen (secondary N) is 1. The smallest absolute Gasteiger partial charge is 0.154 e. The van der Waals surface area contributed by atoms with E-state index in [4.69, 9.17) is 0 Å². The molecule has 1 rings (SSSR count). The van der Waals surface area contributed by atoms with Crippen molar-refractivity contribution in [2.24, 2.45) is 5.92 Å². The van der Waals surface area contributed by atoms with Gasteiger partial charge >= 0.3 is 0 Å². The van der Waals surface area contributed by atoms with Gasteiger partial charge in [-0.1, -0.05) is 19.8 Å². The molecule has 4 heteroatoms. The second-order valence-corrected chi connectivity index (χ2v) is 7.69. The van der Waals surface area contributed by atoms with E-state index in [9.17, 15) is 8.42 Å². The molecule has 1 fully saturated rings. The van der Waals surface area contributed by atoms with Crippen LogP contribution in [-0.2, 0) is 9.84 Å². The fourth-order valence-corrected chi connectivity index (χ4v) is 3.70. The maximum absolute atomic E-state index is 11.9. The van der Waals surface area contributed by atoms with E-state index in [1.165, 1.54) is 25.7 Å². The van der Waals surface area contributed by atoms with Crippen LogP contribution in [0.2, 0.25) is 0 Å². The average Bonchev–Trinajstić information content (AvgIpc) is 2.69. The zero-order chi connectivity index (χ0) is 12.2. The van der Waals surface area contributed by atoms with E-state index in [2.05, 4.69) is 5.32 Å². The molecule has 1 unspecified atom stereocenters. The first kappa shape index (κ1) is 14.0. The molecule has 0 heterocycles. The molecule has 16 heavy (non-hydrogen) atoms. The first-order valence-corrected chi connectivity index (χ1v) is 8.14. The molecule has 96 valence electrons. The van der Waals surface area contributed by atoms with Crippen molar-refractivity contribution in [2.45, 2.75) is 57.7 Å². The molecule has 0 radical (unpaired) electrons. The molecule has 1 aliphatic rings. The maximum Gasteiger partial charge on any atom is 0.154 e. The minimum Gasteiger partial charge on any atom is -0.313 e. The highest BCUT2D eigenvalue weighted by atomic mass is 32.2. The quantitative estimate of drug-likeness (QED) is 0.780. The molecule has 1 aliphatic carbocycles. The summed E-state index contributed by atoms with van der Waals surface area (Å²) in [7, 11) is -2.92.